The Morgan fingerprint density at radius 2 is 2.40 bits per heavy atom. The van der Waals surface area contributed by atoms with Crippen molar-refractivity contribution in [2.45, 2.75) is 12.8 Å². The minimum Gasteiger partial charge on any atom is -0.339 e. The zero-order valence-corrected chi connectivity index (χ0v) is 11.1. The molecule has 104 valence electrons. The first-order valence-electron chi connectivity index (χ1n) is 6.43. The van der Waals surface area contributed by atoms with Crippen LogP contribution in [-0.2, 0) is 4.79 Å². The van der Waals surface area contributed by atoms with E-state index in [-0.39, 0.29) is 11.8 Å². The highest BCUT2D eigenvalue weighted by molar-refractivity contribution is 5.92. The summed E-state index contributed by atoms with van der Waals surface area (Å²) in [5.74, 6) is 1.50. The molecule has 0 saturated carbocycles. The Morgan fingerprint density at radius 3 is 3.05 bits per heavy atom. The lowest BCUT2D eigenvalue weighted by molar-refractivity contribution is -0.118. The van der Waals surface area contributed by atoms with Gasteiger partial charge in [-0.3, -0.25) is 14.7 Å². The van der Waals surface area contributed by atoms with Crippen molar-refractivity contribution in [2.75, 3.05) is 25.0 Å². The molecule has 1 saturated heterocycles. The Hall–Kier alpha value is -2.28. The second-order valence-electron chi connectivity index (χ2n) is 4.86. The largest absolute Gasteiger partial charge is 0.339 e. The summed E-state index contributed by atoms with van der Waals surface area (Å²) in [5, 5.41) is 6.58. The zero-order valence-electron chi connectivity index (χ0n) is 11.1. The smallest absolute Gasteiger partial charge is 0.238 e. The number of nitrogens with one attached hydrogen (secondary N) is 1. The van der Waals surface area contributed by atoms with Crippen LogP contribution in [0.4, 0.5) is 5.69 Å². The van der Waals surface area contributed by atoms with E-state index in [1.807, 2.05) is 11.0 Å². The number of carbonyl (C=O) groups is 1. The predicted molar refractivity (Wildman–Crippen MR) is 71.1 cm³/mol. The number of likely N-dealkylation sites (tertiary alicyclic amines) is 1. The first-order chi connectivity index (χ1) is 9.70. The third-order valence-electron chi connectivity index (χ3n) is 3.16. The molecular formula is C13H15N5O2. The maximum absolute atomic E-state index is 11.8. The SMILES string of the molecule is Cc1noc(C2CN(CC(=O)Nc3cccnc3)C2)n1. The summed E-state index contributed by atoms with van der Waals surface area (Å²) in [7, 11) is 0. The summed E-state index contributed by atoms with van der Waals surface area (Å²) in [6.45, 7) is 3.69. The maximum atomic E-state index is 11.8. The molecular weight excluding hydrogens is 258 g/mol. The Kier molecular flexibility index (Phi) is 3.42. The van der Waals surface area contributed by atoms with Gasteiger partial charge in [-0.25, -0.2) is 0 Å². The predicted octanol–water partition coefficient (Wildman–Crippen LogP) is 0.811. The number of anilines is 1. The minimum atomic E-state index is -0.0434. The van der Waals surface area contributed by atoms with Crippen LogP contribution >= 0.6 is 0 Å². The summed E-state index contributed by atoms with van der Waals surface area (Å²) in [6.07, 6.45) is 3.29. The van der Waals surface area contributed by atoms with Crippen molar-refractivity contribution in [3.8, 4) is 0 Å². The van der Waals surface area contributed by atoms with Gasteiger partial charge in [0.25, 0.3) is 0 Å². The maximum Gasteiger partial charge on any atom is 0.238 e. The normalized spacial score (nSPS) is 15.8. The van der Waals surface area contributed by atoms with E-state index in [1.165, 1.54) is 0 Å². The van der Waals surface area contributed by atoms with E-state index >= 15 is 0 Å². The zero-order chi connectivity index (χ0) is 13.9. The molecule has 7 heteroatoms. The highest BCUT2D eigenvalue weighted by atomic mass is 16.5. The van der Waals surface area contributed by atoms with Crippen LogP contribution in [0.2, 0.25) is 0 Å². The third kappa shape index (κ3) is 2.83. The lowest BCUT2D eigenvalue weighted by atomic mass is 10.0. The van der Waals surface area contributed by atoms with Crippen LogP contribution in [0.15, 0.2) is 29.0 Å². The number of amides is 1. The molecule has 1 fully saturated rings. The molecule has 2 aromatic heterocycles. The lowest BCUT2D eigenvalue weighted by Gasteiger charge is -2.36. The number of rotatable bonds is 4. The lowest BCUT2D eigenvalue weighted by Crippen LogP contribution is -2.48. The Labute approximate surface area is 116 Å². The van der Waals surface area contributed by atoms with Gasteiger partial charge in [0, 0.05) is 19.3 Å². The number of aromatic nitrogens is 3. The van der Waals surface area contributed by atoms with Crippen molar-refractivity contribution in [1.82, 2.24) is 20.0 Å². The van der Waals surface area contributed by atoms with Crippen molar-refractivity contribution in [1.29, 1.82) is 0 Å². The van der Waals surface area contributed by atoms with Crippen LogP contribution in [0.25, 0.3) is 0 Å². The molecule has 0 aliphatic carbocycles. The highest BCUT2D eigenvalue weighted by Gasteiger charge is 2.33. The fourth-order valence-corrected chi connectivity index (χ4v) is 2.17. The summed E-state index contributed by atoms with van der Waals surface area (Å²) in [5.41, 5.74) is 0.710. The Morgan fingerprint density at radius 1 is 1.55 bits per heavy atom. The molecule has 0 bridgehead atoms. The fourth-order valence-electron chi connectivity index (χ4n) is 2.17. The van der Waals surface area contributed by atoms with E-state index in [0.29, 0.717) is 23.9 Å². The van der Waals surface area contributed by atoms with Gasteiger partial charge in [0.05, 0.1) is 24.3 Å². The van der Waals surface area contributed by atoms with Crippen molar-refractivity contribution in [2.24, 2.45) is 0 Å². The van der Waals surface area contributed by atoms with Gasteiger partial charge in [0.15, 0.2) is 5.82 Å². The van der Waals surface area contributed by atoms with Crippen LogP contribution < -0.4 is 5.32 Å². The quantitative estimate of drug-likeness (QED) is 0.887. The first kappa shape index (κ1) is 12.7. The molecule has 3 heterocycles. The second-order valence-corrected chi connectivity index (χ2v) is 4.86. The monoisotopic (exact) mass is 273 g/mol. The third-order valence-corrected chi connectivity index (χ3v) is 3.16. The molecule has 1 aliphatic heterocycles. The molecule has 7 nitrogen and oxygen atoms in total. The molecule has 1 amide bonds. The van der Waals surface area contributed by atoms with E-state index in [4.69, 9.17) is 4.52 Å². The van der Waals surface area contributed by atoms with Gasteiger partial charge in [-0.2, -0.15) is 4.98 Å². The molecule has 20 heavy (non-hydrogen) atoms. The minimum absolute atomic E-state index is 0.0434. The number of hydrogen-bond acceptors (Lipinski definition) is 6. The summed E-state index contributed by atoms with van der Waals surface area (Å²) in [6, 6.07) is 3.60. The van der Waals surface area contributed by atoms with Crippen LogP contribution in [-0.4, -0.2) is 45.6 Å². The number of hydrogen-bond donors (Lipinski definition) is 1. The van der Waals surface area contributed by atoms with Crippen molar-refractivity contribution in [3.63, 3.8) is 0 Å². The molecule has 2 aromatic rings. The topological polar surface area (TPSA) is 84.2 Å². The second kappa shape index (κ2) is 5.38. The highest BCUT2D eigenvalue weighted by Crippen LogP contribution is 2.25. The van der Waals surface area contributed by atoms with Gasteiger partial charge in [0.1, 0.15) is 0 Å². The summed E-state index contributed by atoms with van der Waals surface area (Å²) >= 11 is 0. The van der Waals surface area contributed by atoms with Crippen molar-refractivity contribution < 1.29 is 9.32 Å². The van der Waals surface area contributed by atoms with E-state index in [1.54, 1.807) is 25.4 Å². The Bertz CT molecular complexity index is 592. The molecule has 0 radical (unpaired) electrons. The molecule has 0 atom stereocenters. The average Bonchev–Trinajstić information content (AvgIpc) is 2.81. The van der Waals surface area contributed by atoms with Gasteiger partial charge in [-0.15, -0.1) is 0 Å². The molecule has 1 aliphatic rings. The van der Waals surface area contributed by atoms with Gasteiger partial charge < -0.3 is 9.84 Å². The summed E-state index contributed by atoms with van der Waals surface area (Å²) in [4.78, 5) is 22.0. The van der Waals surface area contributed by atoms with Gasteiger partial charge >= 0.3 is 0 Å². The molecule has 1 N–H and O–H groups in total. The van der Waals surface area contributed by atoms with Crippen molar-refractivity contribution >= 4 is 11.6 Å². The molecule has 0 aromatic carbocycles. The molecule has 3 rings (SSSR count). The first-order valence-corrected chi connectivity index (χ1v) is 6.43. The molecule has 0 unspecified atom stereocenters. The standard InChI is InChI=1S/C13H15N5O2/c1-9-15-13(20-17-9)10-6-18(7-10)8-12(19)16-11-3-2-4-14-5-11/h2-5,10H,6-8H2,1H3,(H,16,19). The average molecular weight is 273 g/mol. The Balaban J connectivity index is 1.46. The number of nitrogens with zero attached hydrogens (tertiary/aromatic N) is 4. The van der Waals surface area contributed by atoms with Crippen LogP contribution in [0, 0.1) is 6.92 Å². The number of aryl methyl sites for hydroxylation is 1. The van der Waals surface area contributed by atoms with Gasteiger partial charge in [-0.1, -0.05) is 5.16 Å². The van der Waals surface area contributed by atoms with E-state index < -0.39 is 0 Å². The van der Waals surface area contributed by atoms with E-state index in [2.05, 4.69) is 20.4 Å². The molecule has 0 spiro atoms. The fraction of sp³-hybridized carbons (Fsp3) is 0.385. The van der Waals surface area contributed by atoms with E-state index in [9.17, 15) is 4.79 Å². The van der Waals surface area contributed by atoms with Crippen LogP contribution in [0.1, 0.15) is 17.6 Å². The van der Waals surface area contributed by atoms with Gasteiger partial charge in [0.2, 0.25) is 11.8 Å². The van der Waals surface area contributed by atoms with E-state index in [0.717, 1.165) is 13.1 Å². The number of pyridine rings is 1. The van der Waals surface area contributed by atoms with Gasteiger partial charge in [-0.05, 0) is 19.1 Å². The number of carbonyl (C=O) groups excluding carboxylic acids is 1. The summed E-state index contributed by atoms with van der Waals surface area (Å²) < 4.78 is 5.12. The van der Waals surface area contributed by atoms with Crippen LogP contribution in [0.5, 0.6) is 0 Å². The van der Waals surface area contributed by atoms with Crippen LogP contribution in [0.3, 0.4) is 0 Å². The van der Waals surface area contributed by atoms with Crippen molar-refractivity contribution in [3.05, 3.63) is 36.2 Å².